The molecule has 0 aliphatic carbocycles. The van der Waals surface area contributed by atoms with Gasteiger partial charge < -0.3 is 10.4 Å². The first-order valence-corrected chi connectivity index (χ1v) is 7.21. The van der Waals surface area contributed by atoms with Gasteiger partial charge in [-0.1, -0.05) is 0 Å². The molecule has 1 fully saturated rings. The molecule has 0 spiro atoms. The van der Waals surface area contributed by atoms with Crippen LogP contribution in [0, 0.1) is 6.92 Å². The quantitative estimate of drug-likeness (QED) is 0.879. The van der Waals surface area contributed by atoms with Crippen molar-refractivity contribution in [3.05, 3.63) is 21.9 Å². The van der Waals surface area contributed by atoms with Crippen molar-refractivity contribution in [1.82, 2.24) is 5.32 Å². The number of aliphatic carboxylic acids is 1. The molecule has 0 aromatic carbocycles. The molecule has 1 saturated heterocycles. The predicted molar refractivity (Wildman–Crippen MR) is 68.8 cm³/mol. The zero-order chi connectivity index (χ0) is 12.5. The Kier molecular flexibility index (Phi) is 3.44. The molecule has 2 heterocycles. The second kappa shape index (κ2) is 4.70. The lowest BCUT2D eigenvalue weighted by molar-refractivity contribution is -0.143. The van der Waals surface area contributed by atoms with E-state index in [1.807, 2.05) is 13.0 Å². The molecule has 0 saturated carbocycles. The van der Waals surface area contributed by atoms with Gasteiger partial charge in [0.1, 0.15) is 5.54 Å². The smallest absolute Gasteiger partial charge is 0.330 e. The fourth-order valence-corrected chi connectivity index (χ4v) is 3.81. The number of carboxylic acid groups (broad SMARTS) is 1. The van der Waals surface area contributed by atoms with Crippen LogP contribution in [0.4, 0.5) is 0 Å². The molecule has 17 heavy (non-hydrogen) atoms. The summed E-state index contributed by atoms with van der Waals surface area (Å²) < 4.78 is 0. The lowest BCUT2D eigenvalue weighted by atomic mass is 9.99. The number of nitrogens with one attached hydrogen (secondary N) is 1. The molecule has 1 atom stereocenters. The average Bonchev–Trinajstić information content (AvgIpc) is 2.87. The minimum atomic E-state index is -1.08. The van der Waals surface area contributed by atoms with Gasteiger partial charge in [-0.15, -0.1) is 11.3 Å². The number of carbonyl (C=O) groups is 2. The van der Waals surface area contributed by atoms with Crippen LogP contribution in [0.3, 0.4) is 0 Å². The van der Waals surface area contributed by atoms with Gasteiger partial charge in [0.25, 0.3) is 5.91 Å². The summed E-state index contributed by atoms with van der Waals surface area (Å²) >= 11 is 2.94. The van der Waals surface area contributed by atoms with E-state index in [0.29, 0.717) is 17.1 Å². The molecule has 1 amide bonds. The van der Waals surface area contributed by atoms with Gasteiger partial charge in [0.15, 0.2) is 0 Å². The van der Waals surface area contributed by atoms with Gasteiger partial charge in [-0.05, 0) is 31.2 Å². The van der Waals surface area contributed by atoms with E-state index >= 15 is 0 Å². The predicted octanol–water partition coefficient (Wildman–Crippen LogP) is 1.75. The fourth-order valence-electron chi connectivity index (χ4n) is 1.72. The SMILES string of the molecule is Cc1ccc(C(=O)NC2(C(=O)O)CCSC2)s1. The molecule has 2 N–H and O–H groups in total. The Morgan fingerprint density at radius 2 is 2.24 bits per heavy atom. The van der Waals surface area contributed by atoms with Gasteiger partial charge in [-0.3, -0.25) is 4.79 Å². The van der Waals surface area contributed by atoms with Crippen molar-refractivity contribution in [2.45, 2.75) is 18.9 Å². The number of thioether (sulfide) groups is 1. The third-order valence-electron chi connectivity index (χ3n) is 2.75. The Hall–Kier alpha value is -1.01. The van der Waals surface area contributed by atoms with Crippen molar-refractivity contribution < 1.29 is 14.7 Å². The highest BCUT2D eigenvalue weighted by molar-refractivity contribution is 7.99. The van der Waals surface area contributed by atoms with Gasteiger partial charge in [0.2, 0.25) is 0 Å². The third-order valence-corrected chi connectivity index (χ3v) is 4.94. The zero-order valence-electron chi connectivity index (χ0n) is 9.36. The molecule has 1 unspecified atom stereocenters. The lowest BCUT2D eigenvalue weighted by Gasteiger charge is -2.24. The molecule has 0 radical (unpaired) electrons. The highest BCUT2D eigenvalue weighted by Crippen LogP contribution is 2.29. The zero-order valence-corrected chi connectivity index (χ0v) is 11.0. The summed E-state index contributed by atoms with van der Waals surface area (Å²) in [4.78, 5) is 24.8. The summed E-state index contributed by atoms with van der Waals surface area (Å²) in [7, 11) is 0. The number of hydrogen-bond acceptors (Lipinski definition) is 4. The van der Waals surface area contributed by atoms with Crippen molar-refractivity contribution in [3.63, 3.8) is 0 Å². The summed E-state index contributed by atoms with van der Waals surface area (Å²) in [6, 6.07) is 3.59. The maximum absolute atomic E-state index is 12.0. The van der Waals surface area contributed by atoms with Crippen LogP contribution in [-0.4, -0.2) is 34.0 Å². The molecular formula is C11H13NO3S2. The molecule has 1 aliphatic rings. The first-order chi connectivity index (χ1) is 8.03. The second-order valence-electron chi connectivity index (χ2n) is 4.05. The molecule has 2 rings (SSSR count). The van der Waals surface area contributed by atoms with Gasteiger partial charge in [0.05, 0.1) is 4.88 Å². The van der Waals surface area contributed by atoms with Crippen molar-refractivity contribution in [1.29, 1.82) is 0 Å². The van der Waals surface area contributed by atoms with E-state index in [-0.39, 0.29) is 5.91 Å². The Morgan fingerprint density at radius 3 is 2.71 bits per heavy atom. The summed E-state index contributed by atoms with van der Waals surface area (Å²) in [5, 5.41) is 11.9. The van der Waals surface area contributed by atoms with Gasteiger partial charge in [0, 0.05) is 10.6 Å². The number of carbonyl (C=O) groups excluding carboxylic acids is 1. The largest absolute Gasteiger partial charge is 0.479 e. The first kappa shape index (κ1) is 12.4. The van der Waals surface area contributed by atoms with Crippen LogP contribution in [0.2, 0.25) is 0 Å². The summed E-state index contributed by atoms with van der Waals surface area (Å²) in [6.45, 7) is 1.92. The van der Waals surface area contributed by atoms with E-state index in [4.69, 9.17) is 0 Å². The Balaban J connectivity index is 2.14. The third kappa shape index (κ3) is 2.47. The van der Waals surface area contributed by atoms with Crippen molar-refractivity contribution in [2.75, 3.05) is 11.5 Å². The summed E-state index contributed by atoms with van der Waals surface area (Å²) in [5.74, 6) is -0.00814. The van der Waals surface area contributed by atoms with Crippen LogP contribution < -0.4 is 5.32 Å². The molecular weight excluding hydrogens is 258 g/mol. The number of carboxylic acids is 1. The van der Waals surface area contributed by atoms with Crippen LogP contribution in [0.15, 0.2) is 12.1 Å². The number of hydrogen-bond donors (Lipinski definition) is 2. The summed E-state index contributed by atoms with van der Waals surface area (Å²) in [5.41, 5.74) is -1.08. The van der Waals surface area contributed by atoms with Crippen LogP contribution in [0.5, 0.6) is 0 Å². The van der Waals surface area contributed by atoms with E-state index in [1.54, 1.807) is 17.8 Å². The maximum Gasteiger partial charge on any atom is 0.330 e. The van der Waals surface area contributed by atoms with E-state index < -0.39 is 11.5 Å². The lowest BCUT2D eigenvalue weighted by Crippen LogP contribution is -2.54. The van der Waals surface area contributed by atoms with E-state index in [1.165, 1.54) is 11.3 Å². The fraction of sp³-hybridized carbons (Fsp3) is 0.455. The van der Waals surface area contributed by atoms with E-state index in [2.05, 4.69) is 5.32 Å². The van der Waals surface area contributed by atoms with Gasteiger partial charge in [-0.25, -0.2) is 4.79 Å². The first-order valence-electron chi connectivity index (χ1n) is 5.24. The average molecular weight is 271 g/mol. The molecule has 92 valence electrons. The molecule has 1 aliphatic heterocycles. The van der Waals surface area contributed by atoms with Crippen molar-refractivity contribution in [2.24, 2.45) is 0 Å². The van der Waals surface area contributed by atoms with Gasteiger partial charge in [-0.2, -0.15) is 11.8 Å². The normalized spacial score (nSPS) is 23.6. The Morgan fingerprint density at radius 1 is 1.47 bits per heavy atom. The van der Waals surface area contributed by atoms with Gasteiger partial charge >= 0.3 is 5.97 Å². The second-order valence-corrected chi connectivity index (χ2v) is 6.45. The molecule has 6 heteroatoms. The highest BCUT2D eigenvalue weighted by atomic mass is 32.2. The minimum Gasteiger partial charge on any atom is -0.479 e. The van der Waals surface area contributed by atoms with E-state index in [9.17, 15) is 14.7 Å². The topological polar surface area (TPSA) is 66.4 Å². The van der Waals surface area contributed by atoms with Crippen LogP contribution in [-0.2, 0) is 4.79 Å². The number of rotatable bonds is 3. The van der Waals surface area contributed by atoms with Crippen molar-refractivity contribution >= 4 is 35.0 Å². The molecule has 1 aromatic rings. The monoisotopic (exact) mass is 271 g/mol. The molecule has 1 aromatic heterocycles. The molecule has 4 nitrogen and oxygen atoms in total. The Labute approximate surface area is 107 Å². The number of thiophene rings is 1. The highest BCUT2D eigenvalue weighted by Gasteiger charge is 2.43. The molecule has 0 bridgehead atoms. The van der Waals surface area contributed by atoms with Crippen LogP contribution in [0.25, 0.3) is 0 Å². The number of aryl methyl sites for hydroxylation is 1. The van der Waals surface area contributed by atoms with Crippen molar-refractivity contribution in [3.8, 4) is 0 Å². The Bertz CT molecular complexity index is 449. The number of amides is 1. The summed E-state index contributed by atoms with van der Waals surface area (Å²) in [6.07, 6.45) is 0.489. The maximum atomic E-state index is 12.0. The standard InChI is InChI=1S/C11H13NO3S2/c1-7-2-3-8(17-7)9(13)12-11(10(14)15)4-5-16-6-11/h2-3H,4-6H2,1H3,(H,12,13)(H,14,15). The van der Waals surface area contributed by atoms with Crippen LogP contribution >= 0.6 is 23.1 Å². The minimum absolute atomic E-state index is 0.284. The van der Waals surface area contributed by atoms with Crippen LogP contribution in [0.1, 0.15) is 21.0 Å². The van der Waals surface area contributed by atoms with E-state index in [0.717, 1.165) is 10.6 Å².